The number of hydrogen-bond acceptors (Lipinski definition) is 4. The molecule has 1 N–H and O–H groups in total. The van der Waals surface area contributed by atoms with E-state index in [0.717, 1.165) is 12.8 Å². The molecule has 1 aromatic carbocycles. The number of nitrogens with one attached hydrogen (secondary N) is 1. The second-order valence-electron chi connectivity index (χ2n) is 4.55. The summed E-state index contributed by atoms with van der Waals surface area (Å²) in [7, 11) is 1.32. The Morgan fingerprint density at radius 1 is 1.48 bits per heavy atom. The van der Waals surface area contributed by atoms with Crippen molar-refractivity contribution in [1.29, 1.82) is 0 Å². The van der Waals surface area contributed by atoms with E-state index in [4.69, 9.17) is 27.0 Å². The fraction of sp³-hybridized carbons (Fsp3) is 0.417. The molecule has 0 saturated carbocycles. The number of benzene rings is 1. The highest BCUT2D eigenvalue weighted by molar-refractivity contribution is 9.10. The molecule has 0 spiro atoms. The molecule has 2 rings (SSSR count). The Kier molecular flexibility index (Phi) is 5.54. The van der Waals surface area contributed by atoms with Gasteiger partial charge < -0.3 is 10.1 Å². The van der Waals surface area contributed by atoms with Crippen molar-refractivity contribution in [1.82, 2.24) is 5.32 Å². The highest BCUT2D eigenvalue weighted by Gasteiger charge is 2.21. The average Bonchev–Trinajstić information content (AvgIpc) is 2.90. The van der Waals surface area contributed by atoms with Crippen LogP contribution in [0.1, 0.15) is 23.2 Å². The van der Waals surface area contributed by atoms with Crippen LogP contribution >= 0.6 is 38.2 Å². The SMILES string of the molecule is O=C(NCC1CCCO1)c1cc(Cl)c(Br)c(S(=O)(=O)Cl)c1. The first kappa shape index (κ1) is 17.0. The van der Waals surface area contributed by atoms with Crippen LogP contribution < -0.4 is 5.32 Å². The fourth-order valence-corrected chi connectivity index (χ4v) is 4.37. The van der Waals surface area contributed by atoms with E-state index in [1.54, 1.807) is 0 Å². The Morgan fingerprint density at radius 3 is 2.76 bits per heavy atom. The predicted octanol–water partition coefficient (Wildman–Crippen LogP) is 2.94. The standard InChI is InChI=1S/C12H12BrCl2NO4S/c13-11-9(14)4-7(5-10(11)21(15,18)19)12(17)16-6-8-2-1-3-20-8/h4-5,8H,1-3,6H2,(H,16,17). The van der Waals surface area contributed by atoms with Crippen LogP contribution in [-0.2, 0) is 13.8 Å². The van der Waals surface area contributed by atoms with Gasteiger partial charge in [0, 0.05) is 29.4 Å². The van der Waals surface area contributed by atoms with Crippen LogP contribution in [0.3, 0.4) is 0 Å². The molecule has 0 bridgehead atoms. The molecular formula is C12H12BrCl2NO4S. The van der Waals surface area contributed by atoms with E-state index in [1.807, 2.05) is 0 Å². The number of carbonyl (C=O) groups is 1. The normalized spacial score (nSPS) is 18.7. The highest BCUT2D eigenvalue weighted by Crippen LogP contribution is 2.33. The van der Waals surface area contributed by atoms with Crippen molar-refractivity contribution in [2.75, 3.05) is 13.2 Å². The van der Waals surface area contributed by atoms with Crippen molar-refractivity contribution in [3.63, 3.8) is 0 Å². The molecule has 1 amide bonds. The maximum absolute atomic E-state index is 12.1. The van der Waals surface area contributed by atoms with Crippen LogP contribution in [0.15, 0.2) is 21.5 Å². The monoisotopic (exact) mass is 415 g/mol. The minimum absolute atomic E-state index is 0.00361. The first-order valence-electron chi connectivity index (χ1n) is 6.12. The molecule has 9 heteroatoms. The minimum Gasteiger partial charge on any atom is -0.376 e. The Bertz CT molecular complexity index is 659. The lowest BCUT2D eigenvalue weighted by atomic mass is 10.2. The first-order valence-corrected chi connectivity index (χ1v) is 9.60. The summed E-state index contributed by atoms with van der Waals surface area (Å²) in [5, 5.41) is 2.79. The van der Waals surface area contributed by atoms with Gasteiger partial charge in [0.2, 0.25) is 0 Å². The molecule has 5 nitrogen and oxygen atoms in total. The number of halogens is 3. The lowest BCUT2D eigenvalue weighted by molar-refractivity contribution is 0.0857. The van der Waals surface area contributed by atoms with Gasteiger partial charge in [-0.05, 0) is 40.9 Å². The van der Waals surface area contributed by atoms with Crippen LogP contribution in [0.25, 0.3) is 0 Å². The van der Waals surface area contributed by atoms with E-state index in [2.05, 4.69) is 21.2 Å². The van der Waals surface area contributed by atoms with Crippen molar-refractivity contribution in [2.45, 2.75) is 23.8 Å². The summed E-state index contributed by atoms with van der Waals surface area (Å²) < 4.78 is 28.5. The molecule has 0 aromatic heterocycles. The average molecular weight is 417 g/mol. The molecule has 1 aromatic rings. The van der Waals surface area contributed by atoms with E-state index >= 15 is 0 Å². The molecule has 1 saturated heterocycles. The van der Waals surface area contributed by atoms with Gasteiger partial charge in [0.05, 0.1) is 20.5 Å². The molecule has 1 unspecified atom stereocenters. The summed E-state index contributed by atoms with van der Waals surface area (Å²) in [5.74, 6) is -0.429. The zero-order chi connectivity index (χ0) is 15.6. The Labute approximate surface area is 140 Å². The fourth-order valence-electron chi connectivity index (χ4n) is 1.99. The quantitative estimate of drug-likeness (QED) is 0.765. The van der Waals surface area contributed by atoms with Crippen LogP contribution in [0, 0.1) is 0 Å². The van der Waals surface area contributed by atoms with Gasteiger partial charge in [0.25, 0.3) is 15.0 Å². The number of rotatable bonds is 4. The molecule has 1 fully saturated rings. The molecule has 1 aliphatic rings. The minimum atomic E-state index is -4.01. The topological polar surface area (TPSA) is 72.5 Å². The molecule has 1 heterocycles. The van der Waals surface area contributed by atoms with Crippen molar-refractivity contribution < 1.29 is 17.9 Å². The van der Waals surface area contributed by atoms with Crippen molar-refractivity contribution in [3.05, 3.63) is 27.2 Å². The van der Waals surface area contributed by atoms with E-state index < -0.39 is 15.0 Å². The molecule has 1 atom stereocenters. The number of hydrogen-bond donors (Lipinski definition) is 1. The first-order chi connectivity index (χ1) is 9.79. The number of carbonyl (C=O) groups excluding carboxylic acids is 1. The van der Waals surface area contributed by atoms with E-state index in [1.165, 1.54) is 12.1 Å². The third-order valence-electron chi connectivity index (χ3n) is 3.03. The molecule has 116 valence electrons. The third kappa shape index (κ3) is 4.32. The number of amides is 1. The van der Waals surface area contributed by atoms with E-state index in [0.29, 0.717) is 13.2 Å². The molecule has 21 heavy (non-hydrogen) atoms. The summed E-state index contributed by atoms with van der Waals surface area (Å²) in [6, 6.07) is 2.56. The van der Waals surface area contributed by atoms with Gasteiger partial charge in [-0.2, -0.15) is 0 Å². The maximum atomic E-state index is 12.1. The van der Waals surface area contributed by atoms with E-state index in [-0.39, 0.29) is 26.1 Å². The number of ether oxygens (including phenoxy) is 1. The van der Waals surface area contributed by atoms with Crippen LogP contribution in [0.4, 0.5) is 0 Å². The van der Waals surface area contributed by atoms with Crippen molar-refractivity contribution in [2.24, 2.45) is 0 Å². The van der Waals surface area contributed by atoms with Gasteiger partial charge in [0.1, 0.15) is 0 Å². The lowest BCUT2D eigenvalue weighted by Gasteiger charge is -2.12. The summed E-state index contributed by atoms with van der Waals surface area (Å²) in [5.41, 5.74) is 0.125. The molecular weight excluding hydrogens is 405 g/mol. The Balaban J connectivity index is 2.19. The highest BCUT2D eigenvalue weighted by atomic mass is 79.9. The third-order valence-corrected chi connectivity index (χ3v) is 6.02. The van der Waals surface area contributed by atoms with Crippen molar-refractivity contribution >= 4 is 53.2 Å². The van der Waals surface area contributed by atoms with Crippen molar-refractivity contribution in [3.8, 4) is 0 Å². The zero-order valence-corrected chi connectivity index (χ0v) is 14.6. The van der Waals surface area contributed by atoms with Gasteiger partial charge in [0.15, 0.2) is 0 Å². The maximum Gasteiger partial charge on any atom is 0.262 e. The molecule has 0 radical (unpaired) electrons. The summed E-state index contributed by atoms with van der Waals surface area (Å²) in [6.45, 7) is 1.06. The predicted molar refractivity (Wildman–Crippen MR) is 83.5 cm³/mol. The van der Waals surface area contributed by atoms with Crippen LogP contribution in [-0.4, -0.2) is 33.6 Å². The second kappa shape index (κ2) is 6.83. The summed E-state index contributed by atoms with van der Waals surface area (Å²) >= 11 is 8.97. The Morgan fingerprint density at radius 2 is 2.19 bits per heavy atom. The zero-order valence-electron chi connectivity index (χ0n) is 10.7. The largest absolute Gasteiger partial charge is 0.376 e. The summed E-state index contributed by atoms with van der Waals surface area (Å²) in [4.78, 5) is 11.8. The van der Waals surface area contributed by atoms with Gasteiger partial charge in [-0.15, -0.1) is 0 Å². The molecule has 0 aliphatic carbocycles. The van der Waals surface area contributed by atoms with Crippen LogP contribution in [0.5, 0.6) is 0 Å². The molecule has 1 aliphatic heterocycles. The Hall–Kier alpha value is -0.340. The second-order valence-corrected chi connectivity index (χ2v) is 8.29. The van der Waals surface area contributed by atoms with E-state index in [9.17, 15) is 13.2 Å². The van der Waals surface area contributed by atoms with Crippen LogP contribution in [0.2, 0.25) is 5.02 Å². The summed E-state index contributed by atoms with van der Waals surface area (Å²) in [6.07, 6.45) is 1.86. The smallest absolute Gasteiger partial charge is 0.262 e. The lowest BCUT2D eigenvalue weighted by Crippen LogP contribution is -2.31. The van der Waals surface area contributed by atoms with Gasteiger partial charge in [-0.1, -0.05) is 11.6 Å². The van der Waals surface area contributed by atoms with Gasteiger partial charge in [-0.25, -0.2) is 8.42 Å². The van der Waals surface area contributed by atoms with Gasteiger partial charge in [-0.3, -0.25) is 4.79 Å². The van der Waals surface area contributed by atoms with Gasteiger partial charge >= 0.3 is 0 Å².